The molecule has 0 bridgehead atoms. The number of esters is 2. The highest BCUT2D eigenvalue weighted by Gasteiger charge is 2.40. The molecule has 1 aliphatic carbocycles. The van der Waals surface area contributed by atoms with Crippen molar-refractivity contribution in [3.05, 3.63) is 16.5 Å². The number of amides is 1. The number of carbonyl (C=O) groups is 3. The Balaban J connectivity index is 2.00. The zero-order chi connectivity index (χ0) is 17.9. The molecule has 2 atom stereocenters. The number of hydrogen-bond acceptors (Lipinski definition) is 6. The summed E-state index contributed by atoms with van der Waals surface area (Å²) in [6.07, 6.45) is 0.816. The van der Waals surface area contributed by atoms with Crippen LogP contribution in [0.5, 0.6) is 0 Å². The second-order valence-electron chi connectivity index (χ2n) is 6.24. The normalized spacial score (nSPS) is 19.0. The van der Waals surface area contributed by atoms with Gasteiger partial charge in [0, 0.05) is 4.88 Å². The summed E-state index contributed by atoms with van der Waals surface area (Å²) in [6, 6.07) is 1.74. The molecule has 0 aromatic carbocycles. The molecule has 1 saturated carbocycles. The summed E-state index contributed by atoms with van der Waals surface area (Å²) in [6.45, 7) is 7.62. The van der Waals surface area contributed by atoms with Crippen LogP contribution in [0.3, 0.4) is 0 Å². The SMILES string of the molecule is CCOC(=O)c1cc(C(C)C)sc1NC(=O)COC(=O)[C@@H]1C[C@H]1C. The van der Waals surface area contributed by atoms with E-state index in [2.05, 4.69) is 5.32 Å². The molecule has 1 heterocycles. The summed E-state index contributed by atoms with van der Waals surface area (Å²) in [5.41, 5.74) is 0.334. The fraction of sp³-hybridized carbons (Fsp3) is 0.588. The van der Waals surface area contributed by atoms with Gasteiger partial charge in [0.25, 0.3) is 5.91 Å². The van der Waals surface area contributed by atoms with Gasteiger partial charge < -0.3 is 14.8 Å². The lowest BCUT2D eigenvalue weighted by atomic mass is 10.1. The van der Waals surface area contributed by atoms with E-state index in [0.717, 1.165) is 11.3 Å². The van der Waals surface area contributed by atoms with Crippen molar-refractivity contribution in [3.63, 3.8) is 0 Å². The molecule has 0 spiro atoms. The Bertz CT molecular complexity index is 637. The van der Waals surface area contributed by atoms with Crippen LogP contribution in [0.1, 0.15) is 55.3 Å². The van der Waals surface area contributed by atoms with E-state index in [1.54, 1.807) is 13.0 Å². The average molecular weight is 353 g/mol. The molecule has 7 heteroatoms. The van der Waals surface area contributed by atoms with Crippen molar-refractivity contribution in [1.29, 1.82) is 0 Å². The van der Waals surface area contributed by atoms with Crippen molar-refractivity contribution in [2.45, 2.75) is 40.0 Å². The van der Waals surface area contributed by atoms with Crippen molar-refractivity contribution < 1.29 is 23.9 Å². The smallest absolute Gasteiger partial charge is 0.341 e. The number of hydrogen-bond donors (Lipinski definition) is 1. The van der Waals surface area contributed by atoms with Crippen LogP contribution in [0.2, 0.25) is 0 Å². The maximum atomic E-state index is 12.0. The van der Waals surface area contributed by atoms with Gasteiger partial charge in [-0.25, -0.2) is 4.79 Å². The second-order valence-corrected chi connectivity index (χ2v) is 7.33. The largest absolute Gasteiger partial charge is 0.462 e. The number of rotatable bonds is 7. The Morgan fingerprint density at radius 2 is 2.00 bits per heavy atom. The monoisotopic (exact) mass is 353 g/mol. The van der Waals surface area contributed by atoms with E-state index in [0.29, 0.717) is 16.5 Å². The van der Waals surface area contributed by atoms with E-state index >= 15 is 0 Å². The van der Waals surface area contributed by atoms with Gasteiger partial charge in [-0.15, -0.1) is 11.3 Å². The predicted molar refractivity (Wildman–Crippen MR) is 91.2 cm³/mol. The van der Waals surface area contributed by atoms with Crippen LogP contribution in [0.4, 0.5) is 5.00 Å². The Kier molecular flexibility index (Phi) is 5.99. The Morgan fingerprint density at radius 1 is 1.33 bits per heavy atom. The molecular weight excluding hydrogens is 330 g/mol. The highest BCUT2D eigenvalue weighted by molar-refractivity contribution is 7.16. The van der Waals surface area contributed by atoms with Gasteiger partial charge in [0.1, 0.15) is 5.00 Å². The summed E-state index contributed by atoms with van der Waals surface area (Å²) < 4.78 is 10.0. The third-order valence-electron chi connectivity index (χ3n) is 3.83. The van der Waals surface area contributed by atoms with Crippen LogP contribution in [-0.4, -0.2) is 31.1 Å². The van der Waals surface area contributed by atoms with Crippen LogP contribution in [0, 0.1) is 11.8 Å². The molecule has 1 aromatic heterocycles. The first-order valence-corrected chi connectivity index (χ1v) is 8.92. The number of carbonyl (C=O) groups excluding carboxylic acids is 3. The summed E-state index contributed by atoms with van der Waals surface area (Å²) in [7, 11) is 0. The fourth-order valence-electron chi connectivity index (χ4n) is 2.20. The lowest BCUT2D eigenvalue weighted by Crippen LogP contribution is -2.22. The molecule has 0 radical (unpaired) electrons. The molecule has 132 valence electrons. The fourth-order valence-corrected chi connectivity index (χ4v) is 3.27. The molecular formula is C17H23NO5S. The van der Waals surface area contributed by atoms with Crippen LogP contribution >= 0.6 is 11.3 Å². The minimum absolute atomic E-state index is 0.0813. The van der Waals surface area contributed by atoms with Crippen LogP contribution in [-0.2, 0) is 19.1 Å². The van der Waals surface area contributed by atoms with Gasteiger partial charge in [0.05, 0.1) is 18.1 Å². The van der Waals surface area contributed by atoms with Gasteiger partial charge in [-0.05, 0) is 31.2 Å². The third-order valence-corrected chi connectivity index (χ3v) is 5.18. The predicted octanol–water partition coefficient (Wildman–Crippen LogP) is 3.19. The molecule has 0 saturated heterocycles. The topological polar surface area (TPSA) is 81.7 Å². The van der Waals surface area contributed by atoms with E-state index in [9.17, 15) is 14.4 Å². The Morgan fingerprint density at radius 3 is 2.54 bits per heavy atom. The van der Waals surface area contributed by atoms with Gasteiger partial charge in [-0.2, -0.15) is 0 Å². The standard InChI is InChI=1S/C17H23NO5S/c1-5-22-17(21)12-7-13(9(2)3)24-15(12)18-14(19)8-23-16(20)11-6-10(11)4/h7,9-11H,5-6,8H2,1-4H3,(H,18,19)/t10-,11-/m1/s1. The van der Waals surface area contributed by atoms with Gasteiger partial charge in [-0.1, -0.05) is 20.8 Å². The second kappa shape index (κ2) is 7.79. The van der Waals surface area contributed by atoms with Gasteiger partial charge in [0.15, 0.2) is 6.61 Å². The number of ether oxygens (including phenoxy) is 2. The van der Waals surface area contributed by atoms with Crippen LogP contribution in [0.15, 0.2) is 6.07 Å². The number of thiophene rings is 1. The van der Waals surface area contributed by atoms with Crippen LogP contribution < -0.4 is 5.32 Å². The molecule has 1 amide bonds. The maximum absolute atomic E-state index is 12.0. The summed E-state index contributed by atoms with van der Waals surface area (Å²) in [4.78, 5) is 36.7. The van der Waals surface area contributed by atoms with Crippen molar-refractivity contribution in [2.75, 3.05) is 18.5 Å². The molecule has 1 fully saturated rings. The lowest BCUT2D eigenvalue weighted by Gasteiger charge is -2.07. The quantitative estimate of drug-likeness (QED) is 0.761. The van der Waals surface area contributed by atoms with Crippen molar-refractivity contribution in [3.8, 4) is 0 Å². The minimum atomic E-state index is -0.472. The maximum Gasteiger partial charge on any atom is 0.341 e. The Hall–Kier alpha value is -1.89. The molecule has 2 rings (SSSR count). The molecule has 1 N–H and O–H groups in total. The molecule has 6 nitrogen and oxygen atoms in total. The first kappa shape index (κ1) is 18.4. The Labute approximate surface area is 145 Å². The zero-order valence-electron chi connectivity index (χ0n) is 14.4. The summed E-state index contributed by atoms with van der Waals surface area (Å²) in [5, 5.41) is 3.08. The number of nitrogens with one attached hydrogen (secondary N) is 1. The highest BCUT2D eigenvalue weighted by Crippen LogP contribution is 2.38. The number of anilines is 1. The van der Waals surface area contributed by atoms with E-state index < -0.39 is 11.9 Å². The van der Waals surface area contributed by atoms with Crippen LogP contribution in [0.25, 0.3) is 0 Å². The minimum Gasteiger partial charge on any atom is -0.462 e. The lowest BCUT2D eigenvalue weighted by molar-refractivity contribution is -0.148. The van der Waals surface area contributed by atoms with Gasteiger partial charge in [-0.3, -0.25) is 9.59 Å². The molecule has 0 aliphatic heterocycles. The summed E-state index contributed by atoms with van der Waals surface area (Å²) in [5.74, 6) is -0.788. The molecule has 0 unspecified atom stereocenters. The van der Waals surface area contributed by atoms with Crippen molar-refractivity contribution in [1.82, 2.24) is 0 Å². The molecule has 1 aliphatic rings. The molecule has 24 heavy (non-hydrogen) atoms. The first-order chi connectivity index (χ1) is 11.3. The van der Waals surface area contributed by atoms with Gasteiger partial charge in [0.2, 0.25) is 0 Å². The van der Waals surface area contributed by atoms with Crippen molar-refractivity contribution >= 4 is 34.2 Å². The highest BCUT2D eigenvalue weighted by atomic mass is 32.1. The van der Waals surface area contributed by atoms with Crippen molar-refractivity contribution in [2.24, 2.45) is 11.8 Å². The van der Waals surface area contributed by atoms with E-state index in [-0.39, 0.29) is 31.0 Å². The average Bonchev–Trinajstić information content (AvgIpc) is 3.09. The van der Waals surface area contributed by atoms with E-state index in [4.69, 9.17) is 9.47 Å². The van der Waals surface area contributed by atoms with E-state index in [1.807, 2.05) is 20.8 Å². The molecule has 1 aromatic rings. The van der Waals surface area contributed by atoms with Gasteiger partial charge >= 0.3 is 11.9 Å². The first-order valence-electron chi connectivity index (χ1n) is 8.10. The summed E-state index contributed by atoms with van der Waals surface area (Å²) >= 11 is 1.33. The van der Waals surface area contributed by atoms with E-state index in [1.165, 1.54) is 11.3 Å². The zero-order valence-corrected chi connectivity index (χ0v) is 15.2. The third kappa shape index (κ3) is 4.56.